The van der Waals surface area contributed by atoms with Gasteiger partial charge in [-0.15, -0.1) is 11.3 Å². The summed E-state index contributed by atoms with van der Waals surface area (Å²) >= 11 is 1.33. The van der Waals surface area contributed by atoms with Gasteiger partial charge < -0.3 is 9.26 Å². The first kappa shape index (κ1) is 17.0. The fraction of sp³-hybridized carbons (Fsp3) is 0.105. The van der Waals surface area contributed by atoms with Gasteiger partial charge in [0.05, 0.1) is 5.69 Å². The van der Waals surface area contributed by atoms with Gasteiger partial charge >= 0.3 is 5.97 Å². The Bertz CT molecular complexity index is 1060. The van der Waals surface area contributed by atoms with Crippen molar-refractivity contribution in [3.8, 4) is 22.2 Å². The highest BCUT2D eigenvalue weighted by atomic mass is 32.1. The largest absolute Gasteiger partial charge is 0.453 e. The van der Waals surface area contributed by atoms with E-state index < -0.39 is 5.97 Å². The zero-order chi connectivity index (χ0) is 18.6. The maximum absolute atomic E-state index is 12.2. The number of pyridine rings is 1. The van der Waals surface area contributed by atoms with Crippen LogP contribution in [-0.4, -0.2) is 26.1 Å². The third-order valence-corrected chi connectivity index (χ3v) is 4.56. The van der Waals surface area contributed by atoms with Crippen LogP contribution in [0.2, 0.25) is 0 Å². The number of benzene rings is 1. The lowest BCUT2D eigenvalue weighted by Gasteiger charge is -1.98. The Morgan fingerprint density at radius 3 is 2.78 bits per heavy atom. The minimum Gasteiger partial charge on any atom is -0.453 e. The minimum absolute atomic E-state index is 0.0926. The number of carbonyl (C=O) groups is 1. The third kappa shape index (κ3) is 3.90. The van der Waals surface area contributed by atoms with Crippen LogP contribution in [0.25, 0.3) is 22.2 Å². The number of nitrogens with zero attached hydrogens (tertiary/aromatic N) is 4. The Morgan fingerprint density at radius 1 is 1.15 bits per heavy atom. The van der Waals surface area contributed by atoms with Crippen LogP contribution in [-0.2, 0) is 11.3 Å². The molecule has 0 bridgehead atoms. The molecule has 27 heavy (non-hydrogen) atoms. The molecule has 0 N–H and O–H groups in total. The molecule has 0 aliphatic carbocycles. The van der Waals surface area contributed by atoms with Gasteiger partial charge in [-0.2, -0.15) is 4.98 Å². The Kier molecular flexibility index (Phi) is 4.71. The van der Waals surface area contributed by atoms with E-state index in [1.807, 2.05) is 49.4 Å². The first-order valence-electron chi connectivity index (χ1n) is 8.13. The predicted molar refractivity (Wildman–Crippen MR) is 98.9 cm³/mol. The summed E-state index contributed by atoms with van der Waals surface area (Å²) in [5, 5.41) is 6.14. The number of hydrogen-bond acceptors (Lipinski definition) is 8. The number of aromatic nitrogens is 4. The lowest BCUT2D eigenvalue weighted by Crippen LogP contribution is -2.06. The number of carbonyl (C=O) groups excluding carboxylic acids is 1. The van der Waals surface area contributed by atoms with Crippen molar-refractivity contribution in [1.29, 1.82) is 0 Å². The molecule has 134 valence electrons. The Morgan fingerprint density at radius 2 is 2.00 bits per heavy atom. The second-order valence-corrected chi connectivity index (χ2v) is 6.57. The summed E-state index contributed by atoms with van der Waals surface area (Å²) < 4.78 is 10.4. The Labute approximate surface area is 158 Å². The van der Waals surface area contributed by atoms with E-state index in [9.17, 15) is 4.79 Å². The molecule has 0 fully saturated rings. The van der Waals surface area contributed by atoms with Crippen LogP contribution in [0.15, 0.2) is 58.6 Å². The summed E-state index contributed by atoms with van der Waals surface area (Å²) in [6.45, 7) is 1.91. The van der Waals surface area contributed by atoms with Crippen LogP contribution < -0.4 is 0 Å². The maximum atomic E-state index is 12.2. The Balaban J connectivity index is 1.40. The van der Waals surface area contributed by atoms with Crippen molar-refractivity contribution < 1.29 is 14.1 Å². The standard InChI is InChI=1S/C19H14N4O3S/c1-12-5-7-13(8-6-12)17-22-16(23-26-17)10-25-19(24)15-11-27-18(21-15)14-4-2-3-9-20-14/h2-9,11H,10H2,1H3. The molecule has 4 rings (SSSR count). The molecule has 0 saturated carbocycles. The third-order valence-electron chi connectivity index (χ3n) is 3.70. The molecule has 3 aromatic heterocycles. The number of aryl methyl sites for hydroxylation is 1. The summed E-state index contributed by atoms with van der Waals surface area (Å²) in [6, 6.07) is 13.2. The molecule has 0 saturated heterocycles. The van der Waals surface area contributed by atoms with E-state index >= 15 is 0 Å². The average Bonchev–Trinajstić information content (AvgIpc) is 3.37. The van der Waals surface area contributed by atoms with E-state index in [1.54, 1.807) is 11.6 Å². The van der Waals surface area contributed by atoms with Crippen molar-refractivity contribution in [2.24, 2.45) is 0 Å². The molecule has 7 nitrogen and oxygen atoms in total. The van der Waals surface area contributed by atoms with Crippen molar-refractivity contribution in [2.45, 2.75) is 13.5 Å². The molecule has 3 heterocycles. The number of rotatable bonds is 5. The first-order chi connectivity index (χ1) is 13.2. The smallest absolute Gasteiger partial charge is 0.358 e. The van der Waals surface area contributed by atoms with Crippen LogP contribution in [0.3, 0.4) is 0 Å². The second-order valence-electron chi connectivity index (χ2n) is 5.71. The van der Waals surface area contributed by atoms with Crippen LogP contribution in [0, 0.1) is 6.92 Å². The number of ether oxygens (including phenoxy) is 1. The van der Waals surface area contributed by atoms with Gasteiger partial charge in [-0.3, -0.25) is 4.98 Å². The van der Waals surface area contributed by atoms with Gasteiger partial charge in [-0.25, -0.2) is 9.78 Å². The van der Waals surface area contributed by atoms with Gasteiger partial charge in [0.2, 0.25) is 5.82 Å². The van der Waals surface area contributed by atoms with E-state index in [0.29, 0.717) is 22.4 Å². The fourth-order valence-electron chi connectivity index (χ4n) is 2.30. The molecule has 4 aromatic rings. The number of hydrogen-bond donors (Lipinski definition) is 0. The van der Waals surface area contributed by atoms with Crippen molar-refractivity contribution in [2.75, 3.05) is 0 Å². The zero-order valence-corrected chi connectivity index (χ0v) is 15.1. The molecule has 0 spiro atoms. The van der Waals surface area contributed by atoms with Crippen LogP contribution in [0.4, 0.5) is 0 Å². The molecular formula is C19H14N4O3S. The van der Waals surface area contributed by atoms with E-state index in [2.05, 4.69) is 20.1 Å². The van der Waals surface area contributed by atoms with Crippen molar-refractivity contribution in [3.05, 3.63) is 71.1 Å². The molecular weight excluding hydrogens is 364 g/mol. The van der Waals surface area contributed by atoms with Gasteiger partial charge in [0.25, 0.3) is 5.89 Å². The van der Waals surface area contributed by atoms with Crippen molar-refractivity contribution in [3.63, 3.8) is 0 Å². The molecule has 0 atom stereocenters. The summed E-state index contributed by atoms with van der Waals surface area (Å²) in [6.07, 6.45) is 1.68. The van der Waals surface area contributed by atoms with Gasteiger partial charge in [-0.1, -0.05) is 28.9 Å². The lowest BCUT2D eigenvalue weighted by molar-refractivity contribution is 0.0454. The summed E-state index contributed by atoms with van der Waals surface area (Å²) in [7, 11) is 0. The quantitative estimate of drug-likeness (QED) is 0.486. The van der Waals surface area contributed by atoms with E-state index in [1.165, 1.54) is 11.3 Å². The number of thiazole rings is 1. The van der Waals surface area contributed by atoms with Crippen LogP contribution in [0.5, 0.6) is 0 Å². The molecule has 0 aliphatic heterocycles. The van der Waals surface area contributed by atoms with Crippen LogP contribution in [0.1, 0.15) is 21.9 Å². The molecule has 0 aliphatic rings. The second kappa shape index (κ2) is 7.46. The highest BCUT2D eigenvalue weighted by Crippen LogP contribution is 2.22. The number of esters is 1. The highest BCUT2D eigenvalue weighted by Gasteiger charge is 2.16. The molecule has 0 amide bonds. The normalized spacial score (nSPS) is 10.7. The summed E-state index contributed by atoms with van der Waals surface area (Å²) in [5.74, 6) is 0.126. The topological polar surface area (TPSA) is 91.0 Å². The molecule has 0 unspecified atom stereocenters. The van der Waals surface area contributed by atoms with Gasteiger partial charge in [-0.05, 0) is 31.2 Å². The minimum atomic E-state index is -0.546. The maximum Gasteiger partial charge on any atom is 0.358 e. The zero-order valence-electron chi connectivity index (χ0n) is 14.3. The van der Waals surface area contributed by atoms with Gasteiger partial charge in [0.15, 0.2) is 12.3 Å². The predicted octanol–water partition coefficient (Wildman–Crippen LogP) is 3.92. The van der Waals surface area contributed by atoms with E-state index in [-0.39, 0.29) is 12.3 Å². The summed E-state index contributed by atoms with van der Waals surface area (Å²) in [5.41, 5.74) is 2.89. The van der Waals surface area contributed by atoms with E-state index in [4.69, 9.17) is 9.26 Å². The Hall–Kier alpha value is -3.39. The van der Waals surface area contributed by atoms with Crippen molar-refractivity contribution >= 4 is 17.3 Å². The highest BCUT2D eigenvalue weighted by molar-refractivity contribution is 7.13. The first-order valence-corrected chi connectivity index (χ1v) is 9.01. The summed E-state index contributed by atoms with van der Waals surface area (Å²) in [4.78, 5) is 24.9. The SMILES string of the molecule is Cc1ccc(-c2nc(COC(=O)c3csc(-c4ccccn4)n3)no2)cc1. The van der Waals surface area contributed by atoms with Crippen LogP contribution >= 0.6 is 11.3 Å². The molecule has 8 heteroatoms. The van der Waals surface area contributed by atoms with Gasteiger partial charge in [0.1, 0.15) is 5.01 Å². The van der Waals surface area contributed by atoms with E-state index in [0.717, 1.165) is 11.1 Å². The lowest BCUT2D eigenvalue weighted by atomic mass is 10.1. The van der Waals surface area contributed by atoms with Gasteiger partial charge in [0, 0.05) is 17.1 Å². The fourth-order valence-corrected chi connectivity index (χ4v) is 3.07. The monoisotopic (exact) mass is 378 g/mol. The van der Waals surface area contributed by atoms with Crippen molar-refractivity contribution in [1.82, 2.24) is 20.1 Å². The molecule has 0 radical (unpaired) electrons. The average molecular weight is 378 g/mol. The molecule has 1 aromatic carbocycles.